The van der Waals surface area contributed by atoms with Crippen LogP contribution in [0.2, 0.25) is 0 Å². The smallest absolute Gasteiger partial charge is 0.149 e. The Morgan fingerprint density at radius 2 is 1.95 bits per heavy atom. The zero-order chi connectivity index (χ0) is 14.7. The number of carbonyl (C=O) groups excluding carboxylic acids is 1. The number of hydrogen-bond acceptors (Lipinski definition) is 3. The summed E-state index contributed by atoms with van der Waals surface area (Å²) in [5, 5.41) is 4.51. The van der Waals surface area contributed by atoms with Crippen LogP contribution in [0.3, 0.4) is 0 Å². The van der Waals surface area contributed by atoms with Gasteiger partial charge in [-0.25, -0.2) is 0 Å². The molecule has 112 valence electrons. The van der Waals surface area contributed by atoms with E-state index in [0.29, 0.717) is 24.3 Å². The summed E-state index contributed by atoms with van der Waals surface area (Å²) in [5.41, 5.74) is 1.31. The summed E-state index contributed by atoms with van der Waals surface area (Å²) >= 11 is 0. The quantitative estimate of drug-likeness (QED) is 0.830. The second kappa shape index (κ2) is 6.53. The highest BCUT2D eigenvalue weighted by Gasteiger charge is 2.23. The van der Waals surface area contributed by atoms with Gasteiger partial charge in [0.2, 0.25) is 0 Å². The van der Waals surface area contributed by atoms with E-state index in [1.165, 1.54) is 5.56 Å². The van der Waals surface area contributed by atoms with E-state index in [9.17, 15) is 4.79 Å². The van der Waals surface area contributed by atoms with Gasteiger partial charge in [0, 0.05) is 25.2 Å². The molecule has 1 fully saturated rings. The van der Waals surface area contributed by atoms with Crippen molar-refractivity contribution in [3.05, 3.63) is 18.0 Å². The Kier molecular flexibility index (Phi) is 4.97. The van der Waals surface area contributed by atoms with E-state index in [1.807, 2.05) is 20.0 Å². The molecule has 1 aromatic heterocycles. The van der Waals surface area contributed by atoms with Gasteiger partial charge < -0.3 is 0 Å². The maximum Gasteiger partial charge on any atom is 0.149 e. The highest BCUT2D eigenvalue weighted by molar-refractivity contribution is 5.82. The normalized spacial score (nSPS) is 18.1. The molecule has 0 saturated carbocycles. The third kappa shape index (κ3) is 3.69. The third-order valence-electron chi connectivity index (χ3n) is 4.24. The standard InChI is InChI=1S/C16H27N3O/c1-12(2)14-9-17-19(10-14)15-5-7-18(8-6-15)11-16(20)13(3)4/h9-10,12-13,15H,5-8,11H2,1-4H3. The Bertz CT molecular complexity index is 442. The number of rotatable bonds is 5. The average molecular weight is 277 g/mol. The lowest BCUT2D eigenvalue weighted by molar-refractivity contribution is -0.123. The maximum atomic E-state index is 11.8. The van der Waals surface area contributed by atoms with Crippen LogP contribution in [0.15, 0.2) is 12.4 Å². The summed E-state index contributed by atoms with van der Waals surface area (Å²) in [7, 11) is 0. The molecule has 1 saturated heterocycles. The van der Waals surface area contributed by atoms with E-state index >= 15 is 0 Å². The van der Waals surface area contributed by atoms with Crippen molar-refractivity contribution in [2.24, 2.45) is 5.92 Å². The molecule has 2 heterocycles. The summed E-state index contributed by atoms with van der Waals surface area (Å²) in [6.07, 6.45) is 6.35. The predicted octanol–water partition coefficient (Wildman–Crippen LogP) is 2.87. The first kappa shape index (κ1) is 15.2. The van der Waals surface area contributed by atoms with Crippen LogP contribution < -0.4 is 0 Å². The topological polar surface area (TPSA) is 38.1 Å². The summed E-state index contributed by atoms with van der Waals surface area (Å²) < 4.78 is 2.12. The van der Waals surface area contributed by atoms with Crippen molar-refractivity contribution in [2.75, 3.05) is 19.6 Å². The lowest BCUT2D eigenvalue weighted by Gasteiger charge is -2.31. The van der Waals surface area contributed by atoms with Crippen molar-refractivity contribution in [1.82, 2.24) is 14.7 Å². The van der Waals surface area contributed by atoms with Gasteiger partial charge in [-0.05, 0) is 24.3 Å². The first-order valence-electron chi connectivity index (χ1n) is 7.76. The van der Waals surface area contributed by atoms with Gasteiger partial charge in [-0.15, -0.1) is 0 Å². The number of aromatic nitrogens is 2. The Morgan fingerprint density at radius 3 is 2.45 bits per heavy atom. The molecule has 0 aliphatic carbocycles. The van der Waals surface area contributed by atoms with E-state index < -0.39 is 0 Å². The molecule has 1 aromatic rings. The molecule has 4 heteroatoms. The summed E-state index contributed by atoms with van der Waals surface area (Å²) in [4.78, 5) is 14.1. The monoisotopic (exact) mass is 277 g/mol. The lowest BCUT2D eigenvalue weighted by atomic mass is 10.0. The fourth-order valence-electron chi connectivity index (χ4n) is 2.60. The van der Waals surface area contributed by atoms with E-state index in [1.54, 1.807) is 0 Å². The predicted molar refractivity (Wildman–Crippen MR) is 80.9 cm³/mol. The van der Waals surface area contributed by atoms with Gasteiger partial charge in [0.15, 0.2) is 0 Å². The van der Waals surface area contributed by atoms with E-state index in [0.717, 1.165) is 25.9 Å². The largest absolute Gasteiger partial charge is 0.298 e. The Balaban J connectivity index is 1.86. The van der Waals surface area contributed by atoms with Crippen LogP contribution in [0.5, 0.6) is 0 Å². The van der Waals surface area contributed by atoms with Crippen LogP contribution in [-0.2, 0) is 4.79 Å². The Morgan fingerprint density at radius 1 is 1.30 bits per heavy atom. The molecule has 0 N–H and O–H groups in total. The number of hydrogen-bond donors (Lipinski definition) is 0. The minimum Gasteiger partial charge on any atom is -0.298 e. The number of Topliss-reactive ketones (excluding diaryl/α,β-unsaturated/α-hetero) is 1. The van der Waals surface area contributed by atoms with Gasteiger partial charge in [-0.1, -0.05) is 27.7 Å². The first-order valence-corrected chi connectivity index (χ1v) is 7.76. The van der Waals surface area contributed by atoms with Crippen molar-refractivity contribution >= 4 is 5.78 Å². The van der Waals surface area contributed by atoms with Gasteiger partial charge in [0.1, 0.15) is 5.78 Å². The van der Waals surface area contributed by atoms with E-state index in [4.69, 9.17) is 0 Å². The van der Waals surface area contributed by atoms with Crippen LogP contribution in [0.4, 0.5) is 0 Å². The zero-order valence-corrected chi connectivity index (χ0v) is 13.2. The fourth-order valence-corrected chi connectivity index (χ4v) is 2.60. The SMILES string of the molecule is CC(C)C(=O)CN1CCC(n2cc(C(C)C)cn2)CC1. The Labute approximate surface area is 122 Å². The minimum atomic E-state index is 0.146. The number of piperidine rings is 1. The molecule has 1 aliphatic rings. The number of likely N-dealkylation sites (tertiary alicyclic amines) is 1. The molecular weight excluding hydrogens is 250 g/mol. The molecule has 0 unspecified atom stereocenters. The van der Waals surface area contributed by atoms with Gasteiger partial charge in [0.05, 0.1) is 18.8 Å². The summed E-state index contributed by atoms with van der Waals surface area (Å²) in [6, 6.07) is 0.493. The number of nitrogens with zero attached hydrogens (tertiary/aromatic N) is 3. The Hall–Kier alpha value is -1.16. The van der Waals surface area contributed by atoms with Gasteiger partial charge in [-0.3, -0.25) is 14.4 Å². The molecule has 0 spiro atoms. The highest BCUT2D eigenvalue weighted by atomic mass is 16.1. The van der Waals surface area contributed by atoms with Crippen molar-refractivity contribution in [3.8, 4) is 0 Å². The molecule has 0 bridgehead atoms. The van der Waals surface area contributed by atoms with Gasteiger partial charge in [0.25, 0.3) is 0 Å². The zero-order valence-electron chi connectivity index (χ0n) is 13.2. The molecule has 0 atom stereocenters. The second-order valence-electron chi connectivity index (χ2n) is 6.54. The molecule has 1 aliphatic heterocycles. The van der Waals surface area contributed by atoms with Crippen LogP contribution in [0.1, 0.15) is 58.1 Å². The van der Waals surface area contributed by atoms with Crippen LogP contribution in [-0.4, -0.2) is 40.1 Å². The number of carbonyl (C=O) groups is 1. The van der Waals surface area contributed by atoms with Crippen LogP contribution >= 0.6 is 0 Å². The van der Waals surface area contributed by atoms with E-state index in [2.05, 4.69) is 34.7 Å². The second-order valence-corrected chi connectivity index (χ2v) is 6.54. The van der Waals surface area contributed by atoms with Crippen molar-refractivity contribution in [3.63, 3.8) is 0 Å². The van der Waals surface area contributed by atoms with E-state index in [-0.39, 0.29) is 5.92 Å². The summed E-state index contributed by atoms with van der Waals surface area (Å²) in [5.74, 6) is 1.03. The van der Waals surface area contributed by atoms with Crippen molar-refractivity contribution in [1.29, 1.82) is 0 Å². The molecule has 20 heavy (non-hydrogen) atoms. The average Bonchev–Trinajstić information content (AvgIpc) is 2.89. The third-order valence-corrected chi connectivity index (χ3v) is 4.24. The molecule has 0 radical (unpaired) electrons. The van der Waals surface area contributed by atoms with Gasteiger partial charge >= 0.3 is 0 Å². The molecule has 4 nitrogen and oxygen atoms in total. The van der Waals surface area contributed by atoms with Crippen molar-refractivity contribution in [2.45, 2.75) is 52.5 Å². The lowest BCUT2D eigenvalue weighted by Crippen LogP contribution is -2.39. The molecular formula is C16H27N3O. The molecule has 0 amide bonds. The first-order chi connectivity index (χ1) is 9.47. The fraction of sp³-hybridized carbons (Fsp3) is 0.750. The van der Waals surface area contributed by atoms with Crippen LogP contribution in [0, 0.1) is 5.92 Å². The highest BCUT2D eigenvalue weighted by Crippen LogP contribution is 2.23. The molecule has 2 rings (SSSR count). The minimum absolute atomic E-state index is 0.146. The van der Waals surface area contributed by atoms with Gasteiger partial charge in [-0.2, -0.15) is 5.10 Å². The molecule has 0 aromatic carbocycles. The number of ketones is 1. The maximum absolute atomic E-state index is 11.8. The van der Waals surface area contributed by atoms with Crippen LogP contribution in [0.25, 0.3) is 0 Å². The summed E-state index contributed by atoms with van der Waals surface area (Å²) in [6.45, 7) is 11.0. The van der Waals surface area contributed by atoms with Crippen molar-refractivity contribution < 1.29 is 4.79 Å².